The number of carbonyl (C=O) groups excluding carboxylic acids is 1. The van der Waals surface area contributed by atoms with Crippen molar-refractivity contribution in [2.45, 2.75) is 33.1 Å². The molecule has 1 heterocycles. The van der Waals surface area contributed by atoms with Crippen LogP contribution in [0.1, 0.15) is 43.5 Å². The third kappa shape index (κ3) is 6.82. The molecule has 2 aromatic carbocycles. The topological polar surface area (TPSA) is 74.8 Å². The minimum atomic E-state index is -0.165. The molecule has 0 aromatic heterocycles. The van der Waals surface area contributed by atoms with E-state index < -0.39 is 0 Å². The first-order chi connectivity index (χ1) is 14.1. The smallest absolute Gasteiger partial charge is 0.257 e. The van der Waals surface area contributed by atoms with Crippen LogP contribution in [0, 0.1) is 5.92 Å². The minimum Gasteiger partial charge on any atom is -0.494 e. The van der Waals surface area contributed by atoms with Crippen LogP contribution in [0.25, 0.3) is 0 Å². The van der Waals surface area contributed by atoms with Gasteiger partial charge in [-0.15, -0.1) is 0 Å². The Labute approximate surface area is 172 Å². The molecule has 0 bridgehead atoms. The van der Waals surface area contributed by atoms with Crippen molar-refractivity contribution >= 4 is 23.2 Å². The molecule has 0 saturated carbocycles. The summed E-state index contributed by atoms with van der Waals surface area (Å²) in [5, 5.41) is 9.25. The van der Waals surface area contributed by atoms with Gasteiger partial charge >= 0.3 is 0 Å². The van der Waals surface area contributed by atoms with E-state index in [0.29, 0.717) is 17.4 Å². The summed E-state index contributed by atoms with van der Waals surface area (Å²) < 4.78 is 5.85. The Morgan fingerprint density at radius 2 is 2.00 bits per heavy atom. The third-order valence-electron chi connectivity index (χ3n) is 4.59. The van der Waals surface area contributed by atoms with E-state index in [1.807, 2.05) is 36.4 Å². The van der Waals surface area contributed by atoms with E-state index in [1.165, 1.54) is 6.42 Å². The highest BCUT2D eigenvalue weighted by Crippen LogP contribution is 2.22. The van der Waals surface area contributed by atoms with Gasteiger partial charge < -0.3 is 15.4 Å². The highest BCUT2D eigenvalue weighted by Gasteiger charge is 2.10. The number of amides is 1. The highest BCUT2D eigenvalue weighted by atomic mass is 16.5. The van der Waals surface area contributed by atoms with Gasteiger partial charge in [0, 0.05) is 36.1 Å². The number of aliphatic imine (C=N–C) groups is 1. The maximum absolute atomic E-state index is 12.3. The van der Waals surface area contributed by atoms with Gasteiger partial charge in [-0.1, -0.05) is 19.9 Å². The number of rotatable bonds is 8. The lowest BCUT2D eigenvalue weighted by molar-refractivity contribution is 0.0975. The second kappa shape index (κ2) is 10.5. The van der Waals surface area contributed by atoms with Gasteiger partial charge in [-0.25, -0.2) is 0 Å². The van der Waals surface area contributed by atoms with E-state index in [1.54, 1.807) is 12.1 Å². The quantitative estimate of drug-likeness (QED) is 0.583. The number of guanidine groups is 1. The summed E-state index contributed by atoms with van der Waals surface area (Å²) in [6, 6.07) is 15.3. The van der Waals surface area contributed by atoms with Crippen molar-refractivity contribution in [1.82, 2.24) is 10.6 Å². The number of carbonyl (C=O) groups is 1. The first-order valence-electron chi connectivity index (χ1n) is 10.3. The molecule has 1 amide bonds. The maximum atomic E-state index is 12.3. The van der Waals surface area contributed by atoms with Crippen molar-refractivity contribution in [3.05, 3.63) is 54.1 Å². The molecule has 0 atom stereocenters. The molecule has 0 fully saturated rings. The molecule has 1 aliphatic heterocycles. The lowest BCUT2D eigenvalue weighted by atomic mass is 10.1. The predicted octanol–water partition coefficient (Wildman–Crippen LogP) is 4.32. The van der Waals surface area contributed by atoms with Crippen LogP contribution in [0.4, 0.5) is 11.4 Å². The average molecular weight is 395 g/mol. The van der Waals surface area contributed by atoms with Crippen molar-refractivity contribution < 1.29 is 9.53 Å². The zero-order chi connectivity index (χ0) is 20.5. The van der Waals surface area contributed by atoms with Gasteiger partial charge in [-0.3, -0.25) is 15.1 Å². The molecule has 3 rings (SSSR count). The molecule has 0 spiro atoms. The Balaban J connectivity index is 1.53. The van der Waals surface area contributed by atoms with Crippen LogP contribution < -0.4 is 20.7 Å². The zero-order valence-electron chi connectivity index (χ0n) is 17.2. The van der Waals surface area contributed by atoms with Gasteiger partial charge in [0.15, 0.2) is 5.96 Å². The second-order valence-corrected chi connectivity index (χ2v) is 7.58. The van der Waals surface area contributed by atoms with Crippen LogP contribution in [0.15, 0.2) is 53.5 Å². The zero-order valence-corrected chi connectivity index (χ0v) is 17.2. The van der Waals surface area contributed by atoms with Crippen LogP contribution >= 0.6 is 0 Å². The molecule has 2 aromatic rings. The van der Waals surface area contributed by atoms with E-state index in [4.69, 9.17) is 4.74 Å². The van der Waals surface area contributed by atoms with E-state index in [9.17, 15) is 4.79 Å². The molecular formula is C23H30N4O2. The van der Waals surface area contributed by atoms with Crippen LogP contribution in [0.5, 0.6) is 5.75 Å². The normalized spacial score (nSPS) is 13.4. The Morgan fingerprint density at radius 3 is 2.72 bits per heavy atom. The fourth-order valence-electron chi connectivity index (χ4n) is 3.01. The summed E-state index contributed by atoms with van der Waals surface area (Å²) in [4.78, 5) is 16.6. The molecule has 0 unspecified atom stereocenters. The van der Waals surface area contributed by atoms with Crippen LogP contribution in [0.2, 0.25) is 0 Å². The number of hydrogen-bond donors (Lipinski definition) is 3. The molecule has 6 nitrogen and oxygen atoms in total. The highest BCUT2D eigenvalue weighted by molar-refractivity contribution is 6.05. The fourth-order valence-corrected chi connectivity index (χ4v) is 3.01. The number of nitrogens with zero attached hydrogens (tertiary/aromatic N) is 1. The Morgan fingerprint density at radius 1 is 1.17 bits per heavy atom. The minimum absolute atomic E-state index is 0.165. The van der Waals surface area contributed by atoms with Crippen molar-refractivity contribution in [1.29, 1.82) is 0 Å². The lowest BCUT2D eigenvalue weighted by Gasteiger charge is -2.15. The van der Waals surface area contributed by atoms with Gasteiger partial charge in [-0.2, -0.15) is 0 Å². The van der Waals surface area contributed by atoms with Crippen LogP contribution in [-0.4, -0.2) is 31.6 Å². The molecule has 1 aliphatic rings. The first kappa shape index (κ1) is 20.7. The maximum Gasteiger partial charge on any atom is 0.257 e. The molecule has 29 heavy (non-hydrogen) atoms. The Kier molecular flexibility index (Phi) is 7.50. The largest absolute Gasteiger partial charge is 0.494 e. The first-order valence-corrected chi connectivity index (χ1v) is 10.3. The molecule has 0 radical (unpaired) electrons. The number of anilines is 2. The van der Waals surface area contributed by atoms with Gasteiger partial charge in [0.1, 0.15) is 5.75 Å². The van der Waals surface area contributed by atoms with Crippen molar-refractivity contribution in [3.63, 3.8) is 0 Å². The standard InChI is InChI=1S/C23H30N4O2/c1-17(2)6-4-15-29-21-8-3-7-20(16-21)26-19-11-9-18(10-12-19)22(28)27-23-24-13-5-14-25-23/h3,7-12,16-17,26H,4-6,13-15H2,1-2H3,(H2,24,25,27,28). The molecule has 154 valence electrons. The molecule has 6 heteroatoms. The van der Waals surface area contributed by atoms with Crippen molar-refractivity contribution in [2.24, 2.45) is 10.9 Å². The predicted molar refractivity (Wildman–Crippen MR) is 118 cm³/mol. The number of nitrogens with one attached hydrogen (secondary N) is 3. The number of benzene rings is 2. The Hall–Kier alpha value is -3.02. The number of hydrogen-bond acceptors (Lipinski definition) is 5. The van der Waals surface area contributed by atoms with Crippen molar-refractivity contribution in [3.8, 4) is 5.75 Å². The molecule has 0 aliphatic carbocycles. The van der Waals surface area contributed by atoms with Crippen LogP contribution in [0.3, 0.4) is 0 Å². The lowest BCUT2D eigenvalue weighted by Crippen LogP contribution is -2.43. The van der Waals surface area contributed by atoms with Gasteiger partial charge in [-0.05, 0) is 61.6 Å². The molecule has 0 saturated heterocycles. The summed E-state index contributed by atoms with van der Waals surface area (Å²) in [5.41, 5.74) is 2.45. The molecular weight excluding hydrogens is 364 g/mol. The van der Waals surface area contributed by atoms with Crippen molar-refractivity contribution in [2.75, 3.05) is 25.0 Å². The summed E-state index contributed by atoms with van der Waals surface area (Å²) in [5.74, 6) is 1.94. The van der Waals surface area contributed by atoms with Crippen LogP contribution in [-0.2, 0) is 0 Å². The van der Waals surface area contributed by atoms with E-state index >= 15 is 0 Å². The molecule has 3 N–H and O–H groups in total. The fraction of sp³-hybridized carbons (Fsp3) is 0.391. The average Bonchev–Trinajstić information content (AvgIpc) is 2.73. The van der Waals surface area contributed by atoms with Gasteiger partial charge in [0.25, 0.3) is 5.91 Å². The third-order valence-corrected chi connectivity index (χ3v) is 4.59. The van der Waals surface area contributed by atoms with Gasteiger partial charge in [0.2, 0.25) is 0 Å². The summed E-state index contributed by atoms with van der Waals surface area (Å²) in [7, 11) is 0. The SMILES string of the molecule is CC(C)CCCOc1cccc(Nc2ccc(C(=O)NC3=NCCCN3)cc2)c1. The number of ether oxygens (including phenoxy) is 1. The second-order valence-electron chi connectivity index (χ2n) is 7.58. The van der Waals surface area contributed by atoms with E-state index in [0.717, 1.165) is 49.7 Å². The van der Waals surface area contributed by atoms with E-state index in [-0.39, 0.29) is 5.91 Å². The van der Waals surface area contributed by atoms with E-state index in [2.05, 4.69) is 34.8 Å². The van der Waals surface area contributed by atoms with Gasteiger partial charge in [0.05, 0.1) is 6.61 Å². The Bertz CT molecular complexity index is 831. The summed E-state index contributed by atoms with van der Waals surface area (Å²) >= 11 is 0. The summed E-state index contributed by atoms with van der Waals surface area (Å²) in [6.45, 7) is 6.75. The summed E-state index contributed by atoms with van der Waals surface area (Å²) in [6.07, 6.45) is 3.21. The monoisotopic (exact) mass is 394 g/mol.